The number of rotatable bonds is 0. The molecule has 60 valence electrons. The van der Waals surface area contributed by atoms with E-state index in [2.05, 4.69) is 19.9 Å². The van der Waals surface area contributed by atoms with Gasteiger partial charge in [-0.15, -0.1) is 0 Å². The zero-order valence-electron chi connectivity index (χ0n) is 7.18. The van der Waals surface area contributed by atoms with Crippen LogP contribution in [-0.4, -0.2) is 5.78 Å². The van der Waals surface area contributed by atoms with Crippen molar-refractivity contribution in [2.45, 2.75) is 33.1 Å². The first-order chi connectivity index (χ1) is 5.13. The van der Waals surface area contributed by atoms with Crippen LogP contribution in [0.2, 0.25) is 0 Å². The molecule has 11 heavy (non-hydrogen) atoms. The molecule has 0 aromatic heterocycles. The lowest BCUT2D eigenvalue weighted by Gasteiger charge is -2.23. The highest BCUT2D eigenvalue weighted by molar-refractivity contribution is 5.87. The molecule has 0 aliphatic heterocycles. The number of allylic oxidation sites excluding steroid dienone is 2. The second-order valence-corrected chi connectivity index (χ2v) is 4.21. The quantitative estimate of drug-likeness (QED) is 0.484. The van der Waals surface area contributed by atoms with Gasteiger partial charge in [0.1, 0.15) is 5.78 Å². The van der Waals surface area contributed by atoms with E-state index in [1.807, 2.05) is 0 Å². The lowest BCUT2D eigenvalue weighted by molar-refractivity contribution is -0.120. The molecule has 1 heteroatoms. The van der Waals surface area contributed by atoms with Crippen LogP contribution in [-0.2, 0) is 4.79 Å². The highest BCUT2D eigenvalue weighted by Gasteiger charge is 2.47. The van der Waals surface area contributed by atoms with Crippen molar-refractivity contribution in [2.24, 2.45) is 11.3 Å². The normalized spacial score (nSPS) is 42.5. The van der Waals surface area contributed by atoms with Crippen molar-refractivity contribution in [3.63, 3.8) is 0 Å². The number of hydrogen-bond donors (Lipinski definition) is 0. The van der Waals surface area contributed by atoms with Gasteiger partial charge in [0.25, 0.3) is 0 Å². The van der Waals surface area contributed by atoms with Gasteiger partial charge in [0.15, 0.2) is 0 Å². The predicted molar refractivity (Wildman–Crippen MR) is 44.2 cm³/mol. The van der Waals surface area contributed by atoms with E-state index in [0.29, 0.717) is 11.2 Å². The summed E-state index contributed by atoms with van der Waals surface area (Å²) in [7, 11) is 0. The first-order valence-electron chi connectivity index (χ1n) is 4.33. The van der Waals surface area contributed by atoms with Crippen LogP contribution in [0, 0.1) is 11.3 Å². The number of carbonyl (C=O) groups excluding carboxylic acids is 1. The lowest BCUT2D eigenvalue weighted by atomic mass is 9.80. The van der Waals surface area contributed by atoms with Gasteiger partial charge in [0, 0.05) is 12.3 Å². The topological polar surface area (TPSA) is 17.1 Å². The van der Waals surface area contributed by atoms with E-state index in [1.165, 1.54) is 5.57 Å². The molecule has 2 rings (SSSR count). The minimum Gasteiger partial charge on any atom is -0.299 e. The smallest absolute Gasteiger partial charge is 0.140 e. The van der Waals surface area contributed by atoms with Crippen LogP contribution in [0.25, 0.3) is 0 Å². The Kier molecular flexibility index (Phi) is 1.26. The minimum atomic E-state index is 0.280. The van der Waals surface area contributed by atoms with Crippen molar-refractivity contribution in [1.29, 1.82) is 0 Å². The molecule has 1 nitrogen and oxygen atoms in total. The summed E-state index contributed by atoms with van der Waals surface area (Å²) in [6, 6.07) is 0. The van der Waals surface area contributed by atoms with Crippen molar-refractivity contribution in [3.8, 4) is 0 Å². The molecular weight excluding hydrogens is 136 g/mol. The standard InChI is InChI=1S/C10H14O/c1-7-3-5-10(2)6-4-8(11)9(7)10/h3,9H,4-6H2,1-2H3/t9-,10+/m0/s1. The Morgan fingerprint density at radius 1 is 1.64 bits per heavy atom. The number of Topliss-reactive ketones (excluding diaryl/α,β-unsaturated/α-hetero) is 1. The zero-order chi connectivity index (χ0) is 8.06. The van der Waals surface area contributed by atoms with Crippen LogP contribution in [0.4, 0.5) is 0 Å². The second-order valence-electron chi connectivity index (χ2n) is 4.21. The molecule has 0 aromatic carbocycles. The van der Waals surface area contributed by atoms with Gasteiger partial charge in [0.2, 0.25) is 0 Å². The Balaban J connectivity index is 2.37. The fourth-order valence-corrected chi connectivity index (χ4v) is 2.62. The average Bonchev–Trinajstić information content (AvgIpc) is 2.38. The van der Waals surface area contributed by atoms with Crippen molar-refractivity contribution in [1.82, 2.24) is 0 Å². The van der Waals surface area contributed by atoms with Gasteiger partial charge < -0.3 is 0 Å². The molecule has 0 saturated heterocycles. The summed E-state index contributed by atoms with van der Waals surface area (Å²) in [6.45, 7) is 4.34. The Morgan fingerprint density at radius 2 is 2.36 bits per heavy atom. The molecule has 0 bridgehead atoms. The number of ketones is 1. The van der Waals surface area contributed by atoms with Gasteiger partial charge in [-0.25, -0.2) is 0 Å². The van der Waals surface area contributed by atoms with Crippen molar-refractivity contribution < 1.29 is 4.79 Å². The third kappa shape index (κ3) is 0.800. The maximum Gasteiger partial charge on any atom is 0.140 e. The monoisotopic (exact) mass is 150 g/mol. The van der Waals surface area contributed by atoms with E-state index in [1.54, 1.807) is 0 Å². The van der Waals surface area contributed by atoms with E-state index in [0.717, 1.165) is 19.3 Å². The molecule has 2 aliphatic rings. The Labute approximate surface area is 67.5 Å². The third-order valence-corrected chi connectivity index (χ3v) is 3.31. The van der Waals surface area contributed by atoms with Crippen molar-refractivity contribution >= 4 is 5.78 Å². The van der Waals surface area contributed by atoms with Crippen LogP contribution in [0.3, 0.4) is 0 Å². The molecule has 2 aliphatic carbocycles. The van der Waals surface area contributed by atoms with E-state index in [-0.39, 0.29) is 5.92 Å². The van der Waals surface area contributed by atoms with Gasteiger partial charge in [-0.3, -0.25) is 4.79 Å². The Bertz CT molecular complexity index is 239. The summed E-state index contributed by atoms with van der Waals surface area (Å²) >= 11 is 0. The maximum absolute atomic E-state index is 11.4. The van der Waals surface area contributed by atoms with Gasteiger partial charge >= 0.3 is 0 Å². The second kappa shape index (κ2) is 1.96. The molecule has 0 radical (unpaired) electrons. The number of hydrogen-bond acceptors (Lipinski definition) is 1. The van der Waals surface area contributed by atoms with Crippen LogP contribution in [0.5, 0.6) is 0 Å². The summed E-state index contributed by atoms with van der Waals surface area (Å²) in [4.78, 5) is 11.4. The first-order valence-corrected chi connectivity index (χ1v) is 4.33. The highest BCUT2D eigenvalue weighted by Crippen LogP contribution is 2.51. The first kappa shape index (κ1) is 7.08. The number of fused-ring (bicyclic) bond motifs is 1. The van der Waals surface area contributed by atoms with Gasteiger partial charge in [0.05, 0.1) is 0 Å². The third-order valence-electron chi connectivity index (χ3n) is 3.31. The summed E-state index contributed by atoms with van der Waals surface area (Å²) in [5.41, 5.74) is 1.62. The summed E-state index contributed by atoms with van der Waals surface area (Å²) < 4.78 is 0. The number of carbonyl (C=O) groups is 1. The molecule has 0 unspecified atom stereocenters. The molecule has 2 atom stereocenters. The lowest BCUT2D eigenvalue weighted by Crippen LogP contribution is -2.20. The molecular formula is C10H14O. The molecule has 0 spiro atoms. The summed E-state index contributed by atoms with van der Waals surface area (Å²) in [5.74, 6) is 0.751. The van der Waals surface area contributed by atoms with E-state index in [4.69, 9.17) is 0 Å². The van der Waals surface area contributed by atoms with Crippen LogP contribution in [0.1, 0.15) is 33.1 Å². The van der Waals surface area contributed by atoms with Crippen molar-refractivity contribution in [3.05, 3.63) is 11.6 Å². The SMILES string of the molecule is CC1=CC[C@]2(C)CCC(=O)[C@H]12. The van der Waals surface area contributed by atoms with Crippen LogP contribution in [0.15, 0.2) is 11.6 Å². The Morgan fingerprint density at radius 3 is 3.00 bits per heavy atom. The van der Waals surface area contributed by atoms with Gasteiger partial charge in [-0.2, -0.15) is 0 Å². The summed E-state index contributed by atoms with van der Waals surface area (Å²) in [5, 5.41) is 0. The Hall–Kier alpha value is -0.590. The molecule has 0 heterocycles. The predicted octanol–water partition coefficient (Wildman–Crippen LogP) is 2.32. The van der Waals surface area contributed by atoms with E-state index >= 15 is 0 Å². The minimum absolute atomic E-state index is 0.280. The van der Waals surface area contributed by atoms with E-state index in [9.17, 15) is 4.79 Å². The van der Waals surface area contributed by atoms with Crippen molar-refractivity contribution in [2.75, 3.05) is 0 Å². The average molecular weight is 150 g/mol. The summed E-state index contributed by atoms with van der Waals surface area (Å²) in [6.07, 6.45) is 5.27. The maximum atomic E-state index is 11.4. The largest absolute Gasteiger partial charge is 0.299 e. The fourth-order valence-electron chi connectivity index (χ4n) is 2.62. The highest BCUT2D eigenvalue weighted by atomic mass is 16.1. The molecule has 0 aromatic rings. The molecule has 1 saturated carbocycles. The van der Waals surface area contributed by atoms with Crippen LogP contribution < -0.4 is 0 Å². The molecule has 0 N–H and O–H groups in total. The van der Waals surface area contributed by atoms with Crippen LogP contribution >= 0.6 is 0 Å². The molecule has 1 fully saturated rings. The zero-order valence-corrected chi connectivity index (χ0v) is 7.18. The van der Waals surface area contributed by atoms with E-state index < -0.39 is 0 Å². The van der Waals surface area contributed by atoms with Gasteiger partial charge in [-0.05, 0) is 25.2 Å². The molecule has 0 amide bonds. The fraction of sp³-hybridized carbons (Fsp3) is 0.700. The van der Waals surface area contributed by atoms with Gasteiger partial charge in [-0.1, -0.05) is 18.6 Å².